The third-order valence-corrected chi connectivity index (χ3v) is 5.70. The van der Waals surface area contributed by atoms with Crippen molar-refractivity contribution >= 4 is 39.9 Å². The lowest BCUT2D eigenvalue weighted by molar-refractivity contribution is -0.384. The lowest BCUT2D eigenvalue weighted by Gasteiger charge is -2.13. The van der Waals surface area contributed by atoms with Crippen molar-refractivity contribution in [3.8, 4) is 5.75 Å². The number of anilines is 1. The Kier molecular flexibility index (Phi) is 6.41. The number of carbonyl (C=O) groups is 1. The van der Waals surface area contributed by atoms with E-state index in [-0.39, 0.29) is 35.2 Å². The number of rotatable bonds is 8. The molecule has 2 aromatic heterocycles. The van der Waals surface area contributed by atoms with E-state index in [1.165, 1.54) is 36.1 Å². The summed E-state index contributed by atoms with van der Waals surface area (Å²) >= 11 is 1.10. The zero-order valence-corrected chi connectivity index (χ0v) is 18.2. The maximum Gasteiger partial charge on any atom is 0.273 e. The molecular formula is C22H18N4O6S. The van der Waals surface area contributed by atoms with Gasteiger partial charge in [0.2, 0.25) is 5.91 Å². The zero-order chi connectivity index (χ0) is 23.4. The molecule has 1 N–H and O–H groups in total. The Morgan fingerprint density at radius 2 is 2.06 bits per heavy atom. The van der Waals surface area contributed by atoms with E-state index < -0.39 is 4.92 Å². The number of hydrogen-bond acceptors (Lipinski definition) is 8. The summed E-state index contributed by atoms with van der Waals surface area (Å²) in [6.45, 7) is 0.170. The van der Waals surface area contributed by atoms with E-state index >= 15 is 0 Å². The van der Waals surface area contributed by atoms with Crippen LogP contribution >= 0.6 is 11.8 Å². The van der Waals surface area contributed by atoms with Crippen molar-refractivity contribution in [2.75, 3.05) is 18.2 Å². The second-order valence-electron chi connectivity index (χ2n) is 6.86. The highest BCUT2D eigenvalue weighted by atomic mass is 32.2. The van der Waals surface area contributed by atoms with Crippen LogP contribution in [0.4, 0.5) is 11.4 Å². The molecule has 1 amide bonds. The van der Waals surface area contributed by atoms with Gasteiger partial charge in [0.1, 0.15) is 11.5 Å². The van der Waals surface area contributed by atoms with Crippen molar-refractivity contribution < 1.29 is 18.9 Å². The summed E-state index contributed by atoms with van der Waals surface area (Å²) in [6.07, 6.45) is 1.52. The first-order chi connectivity index (χ1) is 16.0. The molecule has 2 aromatic carbocycles. The summed E-state index contributed by atoms with van der Waals surface area (Å²) in [6, 6.07) is 14.4. The molecule has 33 heavy (non-hydrogen) atoms. The van der Waals surface area contributed by atoms with E-state index in [0.717, 1.165) is 11.8 Å². The number of nitro benzene ring substituents is 1. The number of carbonyl (C=O) groups excluding carboxylic acids is 1. The van der Waals surface area contributed by atoms with E-state index in [2.05, 4.69) is 10.3 Å². The molecule has 2 heterocycles. The normalized spacial score (nSPS) is 10.8. The van der Waals surface area contributed by atoms with Crippen LogP contribution in [0.25, 0.3) is 10.9 Å². The number of nitrogens with one attached hydrogen (secondary N) is 1. The minimum atomic E-state index is -0.548. The van der Waals surface area contributed by atoms with Crippen molar-refractivity contribution in [3.05, 3.63) is 87.1 Å². The molecule has 0 unspecified atom stereocenters. The van der Waals surface area contributed by atoms with Gasteiger partial charge in [0.15, 0.2) is 5.16 Å². The largest absolute Gasteiger partial charge is 0.494 e. The molecule has 10 nitrogen and oxygen atoms in total. The molecule has 0 bridgehead atoms. The number of fused-ring (bicyclic) bond motifs is 1. The monoisotopic (exact) mass is 466 g/mol. The smallest absolute Gasteiger partial charge is 0.273 e. The van der Waals surface area contributed by atoms with Crippen molar-refractivity contribution in [2.45, 2.75) is 11.7 Å². The van der Waals surface area contributed by atoms with E-state index in [0.29, 0.717) is 27.5 Å². The summed E-state index contributed by atoms with van der Waals surface area (Å²) in [5, 5.41) is 14.4. The van der Waals surface area contributed by atoms with Crippen molar-refractivity contribution in [1.82, 2.24) is 9.55 Å². The van der Waals surface area contributed by atoms with Crippen LogP contribution in [0.2, 0.25) is 0 Å². The van der Waals surface area contributed by atoms with Crippen LogP contribution in [-0.4, -0.2) is 33.2 Å². The van der Waals surface area contributed by atoms with Crippen LogP contribution in [0.3, 0.4) is 0 Å². The predicted molar refractivity (Wildman–Crippen MR) is 123 cm³/mol. The molecule has 4 rings (SSSR count). The van der Waals surface area contributed by atoms with E-state index in [9.17, 15) is 19.7 Å². The maximum absolute atomic E-state index is 13.1. The van der Waals surface area contributed by atoms with Crippen molar-refractivity contribution in [3.63, 3.8) is 0 Å². The number of aromatic nitrogens is 2. The highest BCUT2D eigenvalue weighted by Gasteiger charge is 2.17. The van der Waals surface area contributed by atoms with Gasteiger partial charge < -0.3 is 14.5 Å². The van der Waals surface area contributed by atoms with Gasteiger partial charge in [0.25, 0.3) is 11.2 Å². The van der Waals surface area contributed by atoms with Gasteiger partial charge in [-0.2, -0.15) is 0 Å². The number of hydrogen-bond donors (Lipinski definition) is 1. The Labute approximate surface area is 191 Å². The van der Waals surface area contributed by atoms with Crippen LogP contribution in [0.1, 0.15) is 5.76 Å². The second kappa shape index (κ2) is 9.57. The molecule has 0 radical (unpaired) electrons. The Bertz CT molecular complexity index is 1380. The topological polar surface area (TPSA) is 130 Å². The molecule has 0 aliphatic heterocycles. The summed E-state index contributed by atoms with van der Waals surface area (Å²) in [5.74, 6) is 0.305. The van der Waals surface area contributed by atoms with Crippen LogP contribution in [0.15, 0.2) is 75.2 Å². The third-order valence-electron chi connectivity index (χ3n) is 4.72. The minimum absolute atomic E-state index is 0.0525. The molecule has 0 saturated carbocycles. The average molecular weight is 466 g/mol. The third kappa shape index (κ3) is 4.88. The van der Waals surface area contributed by atoms with Gasteiger partial charge in [-0.1, -0.05) is 23.9 Å². The first-order valence-electron chi connectivity index (χ1n) is 9.73. The van der Waals surface area contributed by atoms with Gasteiger partial charge in [-0.3, -0.25) is 24.3 Å². The van der Waals surface area contributed by atoms with Crippen LogP contribution in [-0.2, 0) is 11.3 Å². The number of nitro groups is 1. The zero-order valence-electron chi connectivity index (χ0n) is 17.4. The molecule has 4 aromatic rings. The maximum atomic E-state index is 13.1. The number of nitrogens with zero attached hydrogens (tertiary/aromatic N) is 3. The fraction of sp³-hybridized carbons (Fsp3) is 0.136. The lowest BCUT2D eigenvalue weighted by atomic mass is 10.2. The number of para-hydroxylation sites is 1. The number of ether oxygens (including phenoxy) is 1. The number of methoxy groups -OCH3 is 1. The number of furan rings is 1. The van der Waals surface area contributed by atoms with Crippen molar-refractivity contribution in [2.24, 2.45) is 0 Å². The lowest BCUT2D eigenvalue weighted by Crippen LogP contribution is -2.24. The quantitative estimate of drug-likeness (QED) is 0.180. The molecular weight excluding hydrogens is 448 g/mol. The highest BCUT2D eigenvalue weighted by molar-refractivity contribution is 7.99. The molecule has 0 aliphatic rings. The van der Waals surface area contributed by atoms with Crippen LogP contribution < -0.4 is 15.6 Å². The first kappa shape index (κ1) is 22.1. The Morgan fingerprint density at radius 1 is 1.24 bits per heavy atom. The summed E-state index contributed by atoms with van der Waals surface area (Å²) in [5.41, 5.74) is 0.435. The Balaban J connectivity index is 1.57. The van der Waals surface area contributed by atoms with Gasteiger partial charge in [0.05, 0.1) is 53.3 Å². The van der Waals surface area contributed by atoms with Gasteiger partial charge in [0, 0.05) is 6.07 Å². The molecule has 11 heteroatoms. The highest BCUT2D eigenvalue weighted by Crippen LogP contribution is 2.29. The first-order valence-corrected chi connectivity index (χ1v) is 10.7. The standard InChI is InChI=1S/C22H18N4O6S/c1-31-19-11-14(26(29)30)8-9-18(19)23-20(27)13-33-22-24-17-7-3-2-6-16(17)21(28)25(22)12-15-5-4-10-32-15/h2-11H,12-13H2,1H3,(H,23,27). The molecule has 0 saturated heterocycles. The van der Waals surface area contributed by atoms with Crippen molar-refractivity contribution in [1.29, 1.82) is 0 Å². The fourth-order valence-corrected chi connectivity index (χ4v) is 3.97. The molecule has 168 valence electrons. The van der Waals surface area contributed by atoms with Crippen LogP contribution in [0.5, 0.6) is 5.75 Å². The van der Waals surface area contributed by atoms with E-state index in [4.69, 9.17) is 9.15 Å². The summed E-state index contributed by atoms with van der Waals surface area (Å²) in [7, 11) is 1.36. The van der Waals surface area contributed by atoms with E-state index in [1.807, 2.05) is 0 Å². The SMILES string of the molecule is COc1cc([N+](=O)[O-])ccc1NC(=O)CSc1nc2ccccc2c(=O)n1Cc1ccco1. The Morgan fingerprint density at radius 3 is 2.79 bits per heavy atom. The van der Waals surface area contributed by atoms with Gasteiger partial charge in [-0.05, 0) is 30.3 Å². The van der Waals surface area contributed by atoms with Gasteiger partial charge in [-0.15, -0.1) is 0 Å². The fourth-order valence-electron chi connectivity index (χ4n) is 3.17. The average Bonchev–Trinajstić information content (AvgIpc) is 3.33. The summed E-state index contributed by atoms with van der Waals surface area (Å²) in [4.78, 5) is 40.6. The predicted octanol–water partition coefficient (Wildman–Crippen LogP) is 3.69. The number of benzene rings is 2. The van der Waals surface area contributed by atoms with Crippen LogP contribution in [0, 0.1) is 10.1 Å². The molecule has 0 atom stereocenters. The number of non-ortho nitro benzene ring substituents is 1. The molecule has 0 aliphatic carbocycles. The van der Waals surface area contributed by atoms with Gasteiger partial charge in [-0.25, -0.2) is 4.98 Å². The molecule has 0 fully saturated rings. The van der Waals surface area contributed by atoms with Gasteiger partial charge >= 0.3 is 0 Å². The number of thioether (sulfide) groups is 1. The Hall–Kier alpha value is -4.12. The number of amides is 1. The minimum Gasteiger partial charge on any atom is -0.494 e. The molecule has 0 spiro atoms. The van der Waals surface area contributed by atoms with E-state index in [1.54, 1.807) is 36.4 Å². The second-order valence-corrected chi connectivity index (χ2v) is 7.80. The summed E-state index contributed by atoms with van der Waals surface area (Å²) < 4.78 is 12.0.